The summed E-state index contributed by atoms with van der Waals surface area (Å²) in [6.07, 6.45) is 0. The lowest BCUT2D eigenvalue weighted by Gasteiger charge is -2.22. The first kappa shape index (κ1) is 14.6. The van der Waals surface area contributed by atoms with Crippen molar-refractivity contribution in [2.75, 3.05) is 19.0 Å². The number of carbonyl (C=O) groups excluding carboxylic acids is 1. The van der Waals surface area contributed by atoms with Crippen LogP contribution in [-0.4, -0.2) is 24.9 Å². The Hall–Kier alpha value is -2.36. The predicted molar refractivity (Wildman–Crippen MR) is 85.5 cm³/mol. The highest BCUT2D eigenvalue weighted by Crippen LogP contribution is 2.36. The third kappa shape index (κ3) is 2.34. The number of carbonyl (C=O) groups is 1. The molecule has 0 radical (unpaired) electrons. The quantitative estimate of drug-likeness (QED) is 0.864. The van der Waals surface area contributed by atoms with Gasteiger partial charge in [0.2, 0.25) is 0 Å². The molecule has 1 heterocycles. The van der Waals surface area contributed by atoms with Gasteiger partial charge in [0.15, 0.2) is 0 Å². The normalized spacial score (nSPS) is 16.8. The molecule has 2 aromatic rings. The van der Waals surface area contributed by atoms with Crippen LogP contribution in [0.4, 0.5) is 10.1 Å². The molecule has 3 nitrogen and oxygen atoms in total. The van der Waals surface area contributed by atoms with Gasteiger partial charge in [-0.2, -0.15) is 0 Å². The van der Waals surface area contributed by atoms with Gasteiger partial charge in [-0.05, 0) is 36.8 Å². The van der Waals surface area contributed by atoms with Crippen LogP contribution < -0.4 is 4.90 Å². The molecule has 1 aliphatic rings. The molecule has 2 aromatic carbocycles. The Labute approximate surface area is 130 Å². The first-order valence-electron chi connectivity index (χ1n) is 7.34. The number of fused-ring (bicyclic) bond motifs is 1. The number of anilines is 1. The molecule has 0 fully saturated rings. The van der Waals surface area contributed by atoms with Gasteiger partial charge in [0.05, 0.1) is 6.04 Å². The van der Waals surface area contributed by atoms with Crippen molar-refractivity contribution in [3.05, 3.63) is 65.0 Å². The van der Waals surface area contributed by atoms with Gasteiger partial charge in [0, 0.05) is 37.5 Å². The lowest BCUT2D eigenvalue weighted by Crippen LogP contribution is -2.26. The van der Waals surface area contributed by atoms with Crippen LogP contribution in [0.2, 0.25) is 0 Å². The van der Waals surface area contributed by atoms with Crippen LogP contribution in [-0.2, 0) is 6.54 Å². The summed E-state index contributed by atoms with van der Waals surface area (Å²) in [5.41, 5.74) is 3.15. The predicted octanol–water partition coefficient (Wildman–Crippen LogP) is 3.61. The molecule has 1 unspecified atom stereocenters. The van der Waals surface area contributed by atoms with Crippen LogP contribution in [0.3, 0.4) is 0 Å². The van der Waals surface area contributed by atoms with Gasteiger partial charge in [-0.1, -0.05) is 18.2 Å². The zero-order valence-electron chi connectivity index (χ0n) is 13.0. The molecule has 1 amide bonds. The second kappa shape index (κ2) is 5.44. The Bertz CT molecular complexity index is 710. The van der Waals surface area contributed by atoms with Crippen molar-refractivity contribution in [2.24, 2.45) is 0 Å². The highest BCUT2D eigenvalue weighted by molar-refractivity contribution is 5.99. The number of nitrogens with zero attached hydrogens (tertiary/aromatic N) is 2. The van der Waals surface area contributed by atoms with Gasteiger partial charge in [-0.25, -0.2) is 4.39 Å². The smallest absolute Gasteiger partial charge is 0.255 e. The summed E-state index contributed by atoms with van der Waals surface area (Å²) in [7, 11) is 3.97. The van der Waals surface area contributed by atoms with E-state index in [1.807, 2.05) is 50.2 Å². The van der Waals surface area contributed by atoms with Crippen molar-refractivity contribution >= 4 is 11.6 Å². The van der Waals surface area contributed by atoms with E-state index in [2.05, 4.69) is 0 Å². The molecule has 0 N–H and O–H groups in total. The Morgan fingerprint density at radius 3 is 2.41 bits per heavy atom. The van der Waals surface area contributed by atoms with E-state index < -0.39 is 0 Å². The Morgan fingerprint density at radius 1 is 1.14 bits per heavy atom. The van der Waals surface area contributed by atoms with E-state index in [1.165, 1.54) is 6.07 Å². The van der Waals surface area contributed by atoms with Gasteiger partial charge in [-0.3, -0.25) is 4.79 Å². The molecule has 0 saturated carbocycles. The lowest BCUT2D eigenvalue weighted by atomic mass is 10.1. The zero-order chi connectivity index (χ0) is 15.9. The van der Waals surface area contributed by atoms with E-state index in [4.69, 9.17) is 0 Å². The lowest BCUT2D eigenvalue weighted by molar-refractivity contribution is 0.0722. The Kier molecular flexibility index (Phi) is 3.61. The minimum absolute atomic E-state index is 0.0984. The number of halogens is 1. The number of amides is 1. The SMILES string of the molecule is CC1c2c(F)cccc2C(=O)N1Cc1ccc(N(C)C)cc1. The van der Waals surface area contributed by atoms with Crippen molar-refractivity contribution in [2.45, 2.75) is 19.5 Å². The Balaban J connectivity index is 1.85. The maximum absolute atomic E-state index is 14.0. The van der Waals surface area contributed by atoms with E-state index in [1.54, 1.807) is 17.0 Å². The highest BCUT2D eigenvalue weighted by atomic mass is 19.1. The van der Waals surface area contributed by atoms with E-state index in [9.17, 15) is 9.18 Å². The van der Waals surface area contributed by atoms with Crippen LogP contribution in [0, 0.1) is 5.82 Å². The topological polar surface area (TPSA) is 23.6 Å². The van der Waals surface area contributed by atoms with Crippen molar-refractivity contribution in [3.8, 4) is 0 Å². The third-order valence-electron chi connectivity index (χ3n) is 4.24. The fraction of sp³-hybridized carbons (Fsp3) is 0.278. The number of rotatable bonds is 3. The molecular formula is C18H19FN2O. The second-order valence-electron chi connectivity index (χ2n) is 5.87. The minimum Gasteiger partial charge on any atom is -0.378 e. The van der Waals surface area contributed by atoms with Crippen LogP contribution in [0.15, 0.2) is 42.5 Å². The summed E-state index contributed by atoms with van der Waals surface area (Å²) in [5.74, 6) is -0.400. The standard InChI is InChI=1S/C18H19FN2O/c1-12-17-15(5-4-6-16(17)19)18(22)21(12)11-13-7-9-14(10-8-13)20(2)3/h4-10,12H,11H2,1-3H3. The molecular weight excluding hydrogens is 279 g/mol. The molecule has 0 saturated heterocycles. The van der Waals surface area contributed by atoms with Crippen molar-refractivity contribution in [1.82, 2.24) is 4.90 Å². The van der Waals surface area contributed by atoms with Crippen molar-refractivity contribution in [1.29, 1.82) is 0 Å². The molecule has 4 heteroatoms. The molecule has 0 aromatic heterocycles. The summed E-state index contributed by atoms with van der Waals surface area (Å²) in [6, 6.07) is 12.5. The largest absolute Gasteiger partial charge is 0.378 e. The summed E-state index contributed by atoms with van der Waals surface area (Å²) in [5, 5.41) is 0. The summed E-state index contributed by atoms with van der Waals surface area (Å²) < 4.78 is 14.0. The minimum atomic E-state index is -0.302. The molecule has 22 heavy (non-hydrogen) atoms. The molecule has 0 bridgehead atoms. The maximum Gasteiger partial charge on any atom is 0.255 e. The van der Waals surface area contributed by atoms with Crippen molar-refractivity contribution in [3.63, 3.8) is 0 Å². The first-order chi connectivity index (χ1) is 10.5. The zero-order valence-corrected chi connectivity index (χ0v) is 13.0. The monoisotopic (exact) mass is 298 g/mol. The van der Waals surface area contributed by atoms with E-state index >= 15 is 0 Å². The number of hydrogen-bond acceptors (Lipinski definition) is 2. The summed E-state index contributed by atoms with van der Waals surface area (Å²) >= 11 is 0. The van der Waals surface area contributed by atoms with Gasteiger partial charge in [-0.15, -0.1) is 0 Å². The van der Waals surface area contributed by atoms with Gasteiger partial charge >= 0.3 is 0 Å². The van der Waals surface area contributed by atoms with Crippen molar-refractivity contribution < 1.29 is 9.18 Å². The van der Waals surface area contributed by atoms with Crippen LogP contribution in [0.1, 0.15) is 34.5 Å². The van der Waals surface area contributed by atoms with E-state index in [0.717, 1.165) is 11.3 Å². The molecule has 3 rings (SSSR count). The Morgan fingerprint density at radius 2 is 1.82 bits per heavy atom. The number of hydrogen-bond donors (Lipinski definition) is 0. The van der Waals surface area contributed by atoms with Gasteiger partial charge < -0.3 is 9.80 Å². The molecule has 114 valence electrons. The second-order valence-corrected chi connectivity index (χ2v) is 5.87. The molecule has 1 aliphatic heterocycles. The average Bonchev–Trinajstić information content (AvgIpc) is 2.74. The van der Waals surface area contributed by atoms with E-state index in [-0.39, 0.29) is 17.8 Å². The summed E-state index contributed by atoms with van der Waals surface area (Å²) in [4.78, 5) is 16.2. The fourth-order valence-corrected chi connectivity index (χ4v) is 2.94. The van der Waals surface area contributed by atoms with E-state index in [0.29, 0.717) is 17.7 Å². The molecule has 0 aliphatic carbocycles. The van der Waals surface area contributed by atoms with Crippen LogP contribution >= 0.6 is 0 Å². The first-order valence-corrected chi connectivity index (χ1v) is 7.34. The maximum atomic E-state index is 14.0. The molecule has 0 spiro atoms. The van der Waals surface area contributed by atoms with Crippen LogP contribution in [0.25, 0.3) is 0 Å². The highest BCUT2D eigenvalue weighted by Gasteiger charge is 2.35. The third-order valence-corrected chi connectivity index (χ3v) is 4.24. The van der Waals surface area contributed by atoms with Crippen LogP contribution in [0.5, 0.6) is 0 Å². The molecule has 1 atom stereocenters. The van der Waals surface area contributed by atoms with Gasteiger partial charge in [0.1, 0.15) is 5.82 Å². The van der Waals surface area contributed by atoms with Gasteiger partial charge in [0.25, 0.3) is 5.91 Å². The fourth-order valence-electron chi connectivity index (χ4n) is 2.94. The summed E-state index contributed by atoms with van der Waals surface area (Å²) in [6.45, 7) is 2.36. The number of benzene rings is 2. The average molecular weight is 298 g/mol.